The van der Waals surface area contributed by atoms with Crippen molar-refractivity contribution in [3.05, 3.63) is 59.9 Å². The lowest BCUT2D eigenvalue weighted by Gasteiger charge is -2.04. The summed E-state index contributed by atoms with van der Waals surface area (Å²) in [4.78, 5) is 0. The van der Waals surface area contributed by atoms with Crippen molar-refractivity contribution in [2.45, 2.75) is 25.4 Å². The Bertz CT molecular complexity index is 789. The predicted molar refractivity (Wildman–Crippen MR) is 81.5 cm³/mol. The zero-order valence-electron chi connectivity index (χ0n) is 11.6. The second-order valence-corrected chi connectivity index (χ2v) is 5.62. The van der Waals surface area contributed by atoms with Crippen LogP contribution < -0.4 is 5.32 Å². The van der Waals surface area contributed by atoms with Gasteiger partial charge in [-0.25, -0.2) is 4.39 Å². The van der Waals surface area contributed by atoms with E-state index >= 15 is 0 Å². The van der Waals surface area contributed by atoms with E-state index in [1.54, 1.807) is 6.07 Å². The average Bonchev–Trinajstić information content (AvgIpc) is 3.23. The number of fused-ring (bicyclic) bond motifs is 1. The van der Waals surface area contributed by atoms with Crippen LogP contribution in [0.25, 0.3) is 22.3 Å². The molecule has 0 unspecified atom stereocenters. The number of para-hydroxylation sites is 1. The maximum Gasteiger partial charge on any atom is 0.170 e. The van der Waals surface area contributed by atoms with Crippen LogP contribution in [0.4, 0.5) is 4.39 Å². The van der Waals surface area contributed by atoms with Crippen molar-refractivity contribution in [3.63, 3.8) is 0 Å². The fourth-order valence-electron chi connectivity index (χ4n) is 2.55. The van der Waals surface area contributed by atoms with Crippen molar-refractivity contribution >= 4 is 11.0 Å². The van der Waals surface area contributed by atoms with Crippen LogP contribution in [0.2, 0.25) is 0 Å². The molecule has 1 N–H and O–H groups in total. The normalized spacial score (nSPS) is 14.7. The SMILES string of the molecule is Fc1cccc2cc(-c3cccc(CNC4CC4)c3)oc12. The summed E-state index contributed by atoms with van der Waals surface area (Å²) in [7, 11) is 0. The van der Waals surface area contributed by atoms with Gasteiger partial charge < -0.3 is 9.73 Å². The third-order valence-electron chi connectivity index (χ3n) is 3.88. The first-order valence-electron chi connectivity index (χ1n) is 7.30. The van der Waals surface area contributed by atoms with E-state index < -0.39 is 0 Å². The molecule has 0 radical (unpaired) electrons. The zero-order chi connectivity index (χ0) is 14.2. The second kappa shape index (κ2) is 5.01. The van der Waals surface area contributed by atoms with Gasteiger partial charge in [-0.2, -0.15) is 0 Å². The Morgan fingerprint density at radius 3 is 2.76 bits per heavy atom. The number of nitrogens with one attached hydrogen (secondary N) is 1. The molecule has 3 heteroatoms. The lowest BCUT2D eigenvalue weighted by Crippen LogP contribution is -2.15. The number of hydrogen-bond donors (Lipinski definition) is 1. The quantitative estimate of drug-likeness (QED) is 0.762. The smallest absolute Gasteiger partial charge is 0.170 e. The topological polar surface area (TPSA) is 25.2 Å². The van der Waals surface area contributed by atoms with E-state index in [1.165, 1.54) is 24.5 Å². The monoisotopic (exact) mass is 281 g/mol. The van der Waals surface area contributed by atoms with Gasteiger partial charge in [0.25, 0.3) is 0 Å². The molecule has 1 aliphatic rings. The Balaban J connectivity index is 1.67. The van der Waals surface area contributed by atoms with Gasteiger partial charge in [-0.15, -0.1) is 0 Å². The summed E-state index contributed by atoms with van der Waals surface area (Å²) < 4.78 is 19.4. The molecule has 0 spiro atoms. The van der Waals surface area contributed by atoms with Gasteiger partial charge in [0.1, 0.15) is 5.76 Å². The summed E-state index contributed by atoms with van der Waals surface area (Å²) >= 11 is 0. The highest BCUT2D eigenvalue weighted by Crippen LogP contribution is 2.30. The van der Waals surface area contributed by atoms with Gasteiger partial charge in [0.15, 0.2) is 11.4 Å². The molecular weight excluding hydrogens is 265 g/mol. The molecule has 106 valence electrons. The molecule has 0 aliphatic heterocycles. The third-order valence-corrected chi connectivity index (χ3v) is 3.88. The van der Waals surface area contributed by atoms with Crippen molar-refractivity contribution in [1.82, 2.24) is 5.32 Å². The molecule has 0 bridgehead atoms. The minimum atomic E-state index is -0.315. The summed E-state index contributed by atoms with van der Waals surface area (Å²) in [5.41, 5.74) is 2.54. The maximum absolute atomic E-state index is 13.7. The van der Waals surface area contributed by atoms with Gasteiger partial charge in [-0.3, -0.25) is 0 Å². The van der Waals surface area contributed by atoms with Crippen LogP contribution in [-0.2, 0) is 6.54 Å². The molecule has 4 rings (SSSR count). The lowest BCUT2D eigenvalue weighted by atomic mass is 10.1. The number of halogens is 1. The number of hydrogen-bond acceptors (Lipinski definition) is 2. The Morgan fingerprint density at radius 1 is 1.10 bits per heavy atom. The Labute approximate surface area is 122 Å². The largest absolute Gasteiger partial charge is 0.453 e. The van der Waals surface area contributed by atoms with E-state index in [2.05, 4.69) is 17.4 Å². The van der Waals surface area contributed by atoms with Gasteiger partial charge in [-0.05, 0) is 36.6 Å². The molecule has 0 amide bonds. The molecule has 1 aliphatic carbocycles. The molecule has 1 fully saturated rings. The van der Waals surface area contributed by atoms with Gasteiger partial charge in [-0.1, -0.05) is 30.3 Å². The zero-order valence-corrected chi connectivity index (χ0v) is 11.6. The first-order chi connectivity index (χ1) is 10.3. The van der Waals surface area contributed by atoms with Crippen LogP contribution in [0.3, 0.4) is 0 Å². The van der Waals surface area contributed by atoms with Gasteiger partial charge in [0.05, 0.1) is 0 Å². The van der Waals surface area contributed by atoms with E-state index in [0.29, 0.717) is 17.4 Å². The minimum absolute atomic E-state index is 0.315. The van der Waals surface area contributed by atoms with Crippen LogP contribution in [0.5, 0.6) is 0 Å². The fraction of sp³-hybridized carbons (Fsp3) is 0.222. The van der Waals surface area contributed by atoms with Gasteiger partial charge in [0.2, 0.25) is 0 Å². The second-order valence-electron chi connectivity index (χ2n) is 5.62. The van der Waals surface area contributed by atoms with Crippen LogP contribution in [-0.4, -0.2) is 6.04 Å². The fourth-order valence-corrected chi connectivity index (χ4v) is 2.55. The third kappa shape index (κ3) is 2.57. The average molecular weight is 281 g/mol. The highest BCUT2D eigenvalue weighted by molar-refractivity contribution is 5.83. The van der Waals surface area contributed by atoms with Gasteiger partial charge >= 0.3 is 0 Å². The predicted octanol–water partition coefficient (Wildman–Crippen LogP) is 4.49. The summed E-state index contributed by atoms with van der Waals surface area (Å²) in [5.74, 6) is 0.397. The molecule has 1 saturated carbocycles. The maximum atomic E-state index is 13.7. The van der Waals surface area contributed by atoms with Crippen LogP contribution in [0.1, 0.15) is 18.4 Å². The molecular formula is C18H16FNO. The highest BCUT2D eigenvalue weighted by Gasteiger charge is 2.20. The molecule has 21 heavy (non-hydrogen) atoms. The molecule has 3 aromatic rings. The van der Waals surface area contributed by atoms with Crippen molar-refractivity contribution in [2.24, 2.45) is 0 Å². The first kappa shape index (κ1) is 12.6. The Hall–Kier alpha value is -2.13. The van der Waals surface area contributed by atoms with E-state index in [1.807, 2.05) is 24.3 Å². The lowest BCUT2D eigenvalue weighted by molar-refractivity contribution is 0.568. The Morgan fingerprint density at radius 2 is 1.95 bits per heavy atom. The molecule has 2 nitrogen and oxygen atoms in total. The molecule has 0 atom stereocenters. The first-order valence-corrected chi connectivity index (χ1v) is 7.30. The number of benzene rings is 2. The van der Waals surface area contributed by atoms with E-state index in [0.717, 1.165) is 17.5 Å². The van der Waals surface area contributed by atoms with Crippen LogP contribution in [0.15, 0.2) is 52.9 Å². The van der Waals surface area contributed by atoms with E-state index in [4.69, 9.17) is 4.42 Å². The van der Waals surface area contributed by atoms with Crippen LogP contribution >= 0.6 is 0 Å². The van der Waals surface area contributed by atoms with E-state index in [-0.39, 0.29) is 5.82 Å². The summed E-state index contributed by atoms with van der Waals surface area (Å²) in [6.07, 6.45) is 2.56. The Kier molecular flexibility index (Phi) is 3.00. The van der Waals surface area contributed by atoms with Crippen LogP contribution in [0, 0.1) is 5.82 Å². The van der Waals surface area contributed by atoms with Crippen molar-refractivity contribution < 1.29 is 8.81 Å². The number of rotatable bonds is 4. The molecule has 2 aromatic carbocycles. The highest BCUT2D eigenvalue weighted by atomic mass is 19.1. The molecule has 1 aromatic heterocycles. The van der Waals surface area contributed by atoms with Crippen molar-refractivity contribution in [1.29, 1.82) is 0 Å². The summed E-state index contributed by atoms with van der Waals surface area (Å²) in [5, 5.41) is 4.29. The standard InChI is InChI=1S/C18H16FNO/c19-16-6-2-5-14-10-17(21-18(14)16)13-4-1-3-12(9-13)11-20-15-7-8-15/h1-6,9-10,15,20H,7-8,11H2. The van der Waals surface area contributed by atoms with Crippen molar-refractivity contribution in [3.8, 4) is 11.3 Å². The summed E-state index contributed by atoms with van der Waals surface area (Å²) in [6, 6.07) is 15.8. The van der Waals surface area contributed by atoms with E-state index in [9.17, 15) is 4.39 Å². The number of furan rings is 1. The minimum Gasteiger partial charge on any atom is -0.453 e. The van der Waals surface area contributed by atoms with Gasteiger partial charge in [0, 0.05) is 23.5 Å². The molecule has 0 saturated heterocycles. The molecule has 1 heterocycles. The summed E-state index contributed by atoms with van der Waals surface area (Å²) in [6.45, 7) is 0.868. The van der Waals surface area contributed by atoms with Crippen molar-refractivity contribution in [2.75, 3.05) is 0 Å².